The van der Waals surface area contributed by atoms with Gasteiger partial charge in [-0.25, -0.2) is 0 Å². The van der Waals surface area contributed by atoms with Crippen LogP contribution in [-0.2, 0) is 4.74 Å². The fourth-order valence-electron chi connectivity index (χ4n) is 4.16. The van der Waals surface area contributed by atoms with Gasteiger partial charge in [0, 0.05) is 7.11 Å². The first-order chi connectivity index (χ1) is 9.34. The molecule has 1 N–H and O–H groups in total. The van der Waals surface area contributed by atoms with Gasteiger partial charge in [-0.05, 0) is 55.6 Å². The molecular formula is C18H28O2. The Morgan fingerprint density at radius 3 is 2.55 bits per heavy atom. The van der Waals surface area contributed by atoms with Crippen LogP contribution in [0, 0.1) is 11.3 Å². The van der Waals surface area contributed by atoms with Crippen molar-refractivity contribution in [1.29, 1.82) is 0 Å². The number of hydrogen-bond donors (Lipinski definition) is 1. The Balaban J connectivity index is 2.62. The molecule has 0 heterocycles. The van der Waals surface area contributed by atoms with Crippen LogP contribution in [0.5, 0.6) is 0 Å². The van der Waals surface area contributed by atoms with Crippen molar-refractivity contribution in [2.45, 2.75) is 59.2 Å². The van der Waals surface area contributed by atoms with Gasteiger partial charge in [-0.1, -0.05) is 37.6 Å². The molecule has 0 aromatic carbocycles. The SMILES string of the molecule is C=C/C1=C(\C)C(OC)CC2=C(C)CCC(C1O)C2(C)C. The van der Waals surface area contributed by atoms with E-state index in [1.165, 1.54) is 11.1 Å². The lowest BCUT2D eigenvalue weighted by atomic mass is 9.60. The van der Waals surface area contributed by atoms with Crippen molar-refractivity contribution in [3.05, 3.63) is 34.9 Å². The maximum absolute atomic E-state index is 10.9. The topological polar surface area (TPSA) is 29.5 Å². The van der Waals surface area contributed by atoms with Crippen LogP contribution in [-0.4, -0.2) is 24.4 Å². The van der Waals surface area contributed by atoms with Gasteiger partial charge in [0.15, 0.2) is 0 Å². The molecule has 2 aliphatic rings. The third kappa shape index (κ3) is 2.29. The standard InChI is InChI=1S/C18H28O2/c1-7-13-12(3)16(20-6)10-15-11(2)8-9-14(17(13)19)18(15,4)5/h7,14,16-17,19H,1,8-10H2,2-6H3/b13-12-. The van der Waals surface area contributed by atoms with Crippen molar-refractivity contribution < 1.29 is 9.84 Å². The summed E-state index contributed by atoms with van der Waals surface area (Å²) in [6.45, 7) is 12.8. The maximum Gasteiger partial charge on any atom is 0.0826 e. The van der Waals surface area contributed by atoms with E-state index in [4.69, 9.17) is 4.74 Å². The van der Waals surface area contributed by atoms with Gasteiger partial charge in [0.05, 0.1) is 12.2 Å². The van der Waals surface area contributed by atoms with Crippen molar-refractivity contribution in [2.24, 2.45) is 11.3 Å². The first-order valence-electron chi connectivity index (χ1n) is 7.57. The minimum atomic E-state index is -0.441. The van der Waals surface area contributed by atoms with E-state index in [9.17, 15) is 5.11 Å². The number of allylic oxidation sites excluding steroid dienone is 1. The molecule has 112 valence electrons. The largest absolute Gasteiger partial charge is 0.388 e. The van der Waals surface area contributed by atoms with Crippen molar-refractivity contribution in [1.82, 2.24) is 0 Å². The Morgan fingerprint density at radius 2 is 2.00 bits per heavy atom. The molecule has 2 bridgehead atoms. The first-order valence-corrected chi connectivity index (χ1v) is 7.57. The van der Waals surface area contributed by atoms with Crippen molar-refractivity contribution >= 4 is 0 Å². The highest BCUT2D eigenvalue weighted by Gasteiger charge is 2.44. The zero-order valence-electron chi connectivity index (χ0n) is 13.5. The number of methoxy groups -OCH3 is 1. The van der Waals surface area contributed by atoms with E-state index in [0.717, 1.165) is 30.4 Å². The first kappa shape index (κ1) is 15.5. The Bertz CT molecular complexity index is 468. The molecular weight excluding hydrogens is 248 g/mol. The number of hydrogen-bond acceptors (Lipinski definition) is 2. The van der Waals surface area contributed by atoms with Crippen LogP contribution >= 0.6 is 0 Å². The van der Waals surface area contributed by atoms with Crippen LogP contribution in [0.4, 0.5) is 0 Å². The average molecular weight is 276 g/mol. The third-order valence-corrected chi connectivity index (χ3v) is 5.58. The van der Waals surface area contributed by atoms with E-state index in [1.54, 1.807) is 7.11 Å². The van der Waals surface area contributed by atoms with Crippen molar-refractivity contribution in [3.63, 3.8) is 0 Å². The molecule has 0 aromatic heterocycles. The Labute approximate surface area is 123 Å². The Morgan fingerprint density at radius 1 is 1.35 bits per heavy atom. The molecule has 0 radical (unpaired) electrons. The van der Waals surface area contributed by atoms with Crippen molar-refractivity contribution in [2.75, 3.05) is 7.11 Å². The highest BCUT2D eigenvalue weighted by molar-refractivity contribution is 5.37. The van der Waals surface area contributed by atoms with Crippen LogP contribution < -0.4 is 0 Å². The molecule has 20 heavy (non-hydrogen) atoms. The zero-order chi connectivity index (χ0) is 15.1. The normalized spacial score (nSPS) is 37.4. The second kappa shape index (κ2) is 5.50. The molecule has 0 amide bonds. The summed E-state index contributed by atoms with van der Waals surface area (Å²) in [4.78, 5) is 0. The Kier molecular flexibility index (Phi) is 4.27. The van der Waals surface area contributed by atoms with Gasteiger partial charge in [-0.2, -0.15) is 0 Å². The highest BCUT2D eigenvalue weighted by atomic mass is 16.5. The summed E-state index contributed by atoms with van der Waals surface area (Å²) in [5, 5.41) is 10.9. The summed E-state index contributed by atoms with van der Waals surface area (Å²) in [5.41, 5.74) is 5.07. The van der Waals surface area contributed by atoms with Gasteiger partial charge >= 0.3 is 0 Å². The van der Waals surface area contributed by atoms with E-state index < -0.39 is 6.10 Å². The number of ether oxygens (including phenoxy) is 1. The monoisotopic (exact) mass is 276 g/mol. The minimum Gasteiger partial charge on any atom is -0.388 e. The van der Waals surface area contributed by atoms with Crippen LogP contribution in [0.15, 0.2) is 34.9 Å². The Hall–Kier alpha value is -0.860. The molecule has 3 atom stereocenters. The fourth-order valence-corrected chi connectivity index (χ4v) is 4.16. The fraction of sp³-hybridized carbons (Fsp3) is 0.667. The van der Waals surface area contributed by atoms with E-state index in [2.05, 4.69) is 34.3 Å². The van der Waals surface area contributed by atoms with Gasteiger partial charge in [-0.3, -0.25) is 0 Å². The predicted octanol–water partition coefficient (Wildman–Crippen LogP) is 4.02. The van der Waals surface area contributed by atoms with Gasteiger partial charge in [0.25, 0.3) is 0 Å². The molecule has 0 saturated heterocycles. The molecule has 2 nitrogen and oxygen atoms in total. The van der Waals surface area contributed by atoms with Gasteiger partial charge in [-0.15, -0.1) is 0 Å². The molecule has 2 aliphatic carbocycles. The lowest BCUT2D eigenvalue weighted by Gasteiger charge is -2.47. The van der Waals surface area contributed by atoms with Crippen LogP contribution in [0.3, 0.4) is 0 Å². The molecule has 2 rings (SSSR count). The maximum atomic E-state index is 10.9. The summed E-state index contributed by atoms with van der Waals surface area (Å²) in [7, 11) is 1.76. The second-order valence-corrected chi connectivity index (χ2v) is 6.84. The van der Waals surface area contributed by atoms with E-state index in [1.807, 2.05) is 6.08 Å². The highest BCUT2D eigenvalue weighted by Crippen LogP contribution is 2.51. The quantitative estimate of drug-likeness (QED) is 0.772. The number of aliphatic hydroxyl groups is 1. The predicted molar refractivity (Wildman–Crippen MR) is 83.5 cm³/mol. The van der Waals surface area contributed by atoms with Crippen LogP contribution in [0.2, 0.25) is 0 Å². The lowest BCUT2D eigenvalue weighted by Crippen LogP contribution is -2.42. The summed E-state index contributed by atoms with van der Waals surface area (Å²) >= 11 is 0. The zero-order valence-corrected chi connectivity index (χ0v) is 13.5. The van der Waals surface area contributed by atoms with Gasteiger partial charge in [0.1, 0.15) is 0 Å². The molecule has 0 aliphatic heterocycles. The van der Waals surface area contributed by atoms with Gasteiger partial charge in [0.2, 0.25) is 0 Å². The second-order valence-electron chi connectivity index (χ2n) is 6.84. The molecule has 2 heteroatoms. The third-order valence-electron chi connectivity index (χ3n) is 5.58. The lowest BCUT2D eigenvalue weighted by molar-refractivity contribution is 0.0453. The summed E-state index contributed by atoms with van der Waals surface area (Å²) in [6.07, 6.45) is 4.48. The number of rotatable bonds is 2. The molecule has 0 spiro atoms. The molecule has 0 saturated carbocycles. The van der Waals surface area contributed by atoms with Gasteiger partial charge < -0.3 is 9.84 Å². The minimum absolute atomic E-state index is 0.0213. The average Bonchev–Trinajstić information content (AvgIpc) is 2.38. The summed E-state index contributed by atoms with van der Waals surface area (Å²) in [6, 6.07) is 0. The van der Waals surface area contributed by atoms with E-state index >= 15 is 0 Å². The smallest absolute Gasteiger partial charge is 0.0826 e. The van der Waals surface area contributed by atoms with Crippen LogP contribution in [0.25, 0.3) is 0 Å². The van der Waals surface area contributed by atoms with E-state index in [-0.39, 0.29) is 17.4 Å². The summed E-state index contributed by atoms with van der Waals surface area (Å²) in [5.74, 6) is 0.266. The summed E-state index contributed by atoms with van der Waals surface area (Å²) < 4.78 is 5.70. The van der Waals surface area contributed by atoms with Crippen LogP contribution in [0.1, 0.15) is 47.0 Å². The van der Waals surface area contributed by atoms with E-state index in [0.29, 0.717) is 0 Å². The molecule has 3 unspecified atom stereocenters. The number of fused-ring (bicyclic) bond motifs is 2. The molecule has 0 aromatic rings. The molecule has 0 fully saturated rings. The van der Waals surface area contributed by atoms with Crippen molar-refractivity contribution in [3.8, 4) is 0 Å². The number of aliphatic hydroxyl groups excluding tert-OH is 1.